The minimum Gasteiger partial charge on any atom is -0.497 e. The zero-order valence-corrected chi connectivity index (χ0v) is 61.3. The summed E-state index contributed by atoms with van der Waals surface area (Å²) in [4.78, 5) is 104. The van der Waals surface area contributed by atoms with Crippen molar-refractivity contribution in [3.05, 3.63) is 184 Å². The summed E-state index contributed by atoms with van der Waals surface area (Å²) >= 11 is 0. The molecule has 0 aromatic heterocycles. The molecular weight excluding hydrogens is 1350 g/mol. The molecule has 11 rings (SSSR count). The Morgan fingerprint density at radius 3 is 1.74 bits per heavy atom. The molecule has 0 unspecified atom stereocenters. The summed E-state index contributed by atoms with van der Waals surface area (Å²) in [5.41, 5.74) is 11.9. The second kappa shape index (κ2) is 38.2. The molecular formula is C82H93N9O15. The molecule has 24 nitrogen and oxygen atoms in total. The lowest BCUT2D eigenvalue weighted by Crippen LogP contribution is -2.54. The van der Waals surface area contributed by atoms with Gasteiger partial charge in [-0.25, -0.2) is 0 Å². The molecule has 6 aromatic rings. The van der Waals surface area contributed by atoms with Gasteiger partial charge in [-0.05, 0) is 103 Å². The number of ether oxygens (including phenoxy) is 8. The molecule has 4 N–H and O–H groups in total. The number of nitrogens with one attached hydrogen (secondary N) is 4. The van der Waals surface area contributed by atoms with E-state index in [4.69, 9.17) is 47.9 Å². The number of nitrogens with zero attached hydrogens (tertiary/aromatic N) is 5. The van der Waals surface area contributed by atoms with Gasteiger partial charge in [0.2, 0.25) is 29.5 Å². The number of anilines is 1. The first-order valence-corrected chi connectivity index (χ1v) is 35.8. The lowest BCUT2D eigenvalue weighted by Gasteiger charge is -2.26. The summed E-state index contributed by atoms with van der Waals surface area (Å²) in [5, 5.41) is 10.6. The van der Waals surface area contributed by atoms with E-state index in [9.17, 15) is 33.6 Å². The minimum absolute atomic E-state index is 0.0645. The maximum atomic E-state index is 13.7. The third kappa shape index (κ3) is 20.7. The maximum absolute atomic E-state index is 13.7. The Morgan fingerprint density at radius 1 is 0.566 bits per heavy atom. The van der Waals surface area contributed by atoms with Crippen LogP contribution in [0.5, 0.6) is 23.0 Å². The second-order valence-electron chi connectivity index (χ2n) is 26.2. The van der Waals surface area contributed by atoms with Crippen LogP contribution in [-0.2, 0) is 49.5 Å². The topological polar surface area (TPSA) is 276 Å². The van der Waals surface area contributed by atoms with E-state index in [1.54, 1.807) is 48.0 Å². The van der Waals surface area contributed by atoms with Crippen LogP contribution in [-0.4, -0.2) is 182 Å². The van der Waals surface area contributed by atoms with Crippen molar-refractivity contribution in [1.29, 1.82) is 0 Å². The number of aliphatic imine (C=N–C) groups is 2. The van der Waals surface area contributed by atoms with Gasteiger partial charge in [0.1, 0.15) is 23.6 Å². The van der Waals surface area contributed by atoms with Crippen LogP contribution in [0, 0.1) is 31.6 Å². The van der Waals surface area contributed by atoms with Crippen LogP contribution in [0.25, 0.3) is 11.1 Å². The molecule has 6 aromatic carbocycles. The highest BCUT2D eigenvalue weighted by atomic mass is 16.6. The van der Waals surface area contributed by atoms with E-state index in [1.165, 1.54) is 12.6 Å². The minimum atomic E-state index is -0.770. The Bertz CT molecular complexity index is 4330. The molecule has 5 aliphatic heterocycles. The second-order valence-corrected chi connectivity index (χ2v) is 26.2. The predicted octanol–water partition coefficient (Wildman–Crippen LogP) is 9.79. The fourth-order valence-electron chi connectivity index (χ4n) is 12.4. The fourth-order valence-corrected chi connectivity index (χ4v) is 12.4. The van der Waals surface area contributed by atoms with Gasteiger partial charge in [0.25, 0.3) is 11.8 Å². The predicted molar refractivity (Wildman–Crippen MR) is 404 cm³/mol. The fraction of sp³-hybridized carbons (Fsp3) is 0.378. The van der Waals surface area contributed by atoms with Crippen LogP contribution < -0.4 is 45.1 Å². The van der Waals surface area contributed by atoms with Gasteiger partial charge >= 0.3 is 0 Å². The van der Waals surface area contributed by atoms with Crippen LogP contribution in [0.15, 0.2) is 144 Å². The van der Waals surface area contributed by atoms with Crippen molar-refractivity contribution in [3.63, 3.8) is 0 Å². The summed E-state index contributed by atoms with van der Waals surface area (Å²) in [5.74, 6) is 6.98. The number of aryl methyl sites for hydroxylation is 2. The first-order chi connectivity index (χ1) is 51.4. The molecule has 0 aliphatic carbocycles. The van der Waals surface area contributed by atoms with E-state index in [0.717, 1.165) is 56.0 Å². The number of carbonyl (C=O) groups excluding carboxylic acids is 7. The third-order valence-electron chi connectivity index (χ3n) is 18.3. The van der Waals surface area contributed by atoms with Gasteiger partial charge in [0.15, 0.2) is 11.5 Å². The molecule has 0 radical (unpaired) electrons. The number of carbonyl (C=O) groups is 7. The lowest BCUT2D eigenvalue weighted by molar-refractivity contribution is -0.133. The standard InChI is InChI=1S/C43H40N4O6.C39H53N5O9/c1-26-6-8-28(9-7-26)30-17-33-23-45-38-21-41(40(51-4)19-36(38)43(49)47(33)24-30)53-15-5-14-52-39-20-37-35(16-27(39)2)42(48)46-25-31(18-32(46)22-44-37)29-10-12-34(50-3)13-11-29;1-28(2)37(39(49)42-29(3)38(48)40-4)43-35(46)17-19-50-21-23-52-25-26-53-24-22-51-20-18-41-34(45)15-16-36(47)44-27-32-11-6-5-9-30(32)13-14-31-10-7-8-12-33(31)44/h6-13,16,19-25,32-33H,5,14-15,17-18H2,1-4H3;5-12,28-29,37H,15-27H2,1-4H3,(H,40,48)(H,41,45)(H,42,49)(H,43,46)/t32-,33-;29-,37-/m00/s1. The molecule has 0 bridgehead atoms. The number of amides is 7. The number of likely N-dealkylation sites (N-methyl/N-ethyl adjacent to an activating group) is 1. The Labute approximate surface area is 618 Å². The normalized spacial score (nSPS) is 15.6. The number of para-hydroxylation sites is 1. The van der Waals surface area contributed by atoms with Crippen LogP contribution in [0.2, 0.25) is 0 Å². The average Bonchev–Trinajstić information content (AvgIpc) is 1.60. The van der Waals surface area contributed by atoms with E-state index in [0.29, 0.717) is 132 Å². The Balaban J connectivity index is 0.000000227. The average molecular weight is 1440 g/mol. The van der Waals surface area contributed by atoms with Gasteiger partial charge in [-0.1, -0.05) is 98.0 Å². The highest BCUT2D eigenvalue weighted by molar-refractivity contribution is 6.07. The van der Waals surface area contributed by atoms with Crippen molar-refractivity contribution >= 4 is 82.0 Å². The van der Waals surface area contributed by atoms with Crippen molar-refractivity contribution in [2.45, 2.75) is 104 Å². The SMILES string of the molecule is CNC(=O)[C@H](C)NC(=O)[C@@H](NC(=O)CCOCCOCCOCCOCCNC(=O)CCC(=O)N1Cc2ccccc2C#Cc2ccccc21)C(C)C.COc1ccc(C2=CN3C(=O)c4cc(C)c(OCCCOc5cc6c(cc5OC)C(=O)N5C=C(c7ccc(C)cc7)C[C@H]5C=N6)cc4N=C[C@@H]3C2)cc1. The van der Waals surface area contributed by atoms with Gasteiger partial charge < -0.3 is 73.9 Å². The number of rotatable bonds is 33. The Morgan fingerprint density at radius 2 is 1.12 bits per heavy atom. The molecule has 556 valence electrons. The van der Waals surface area contributed by atoms with Crippen LogP contribution in [0.4, 0.5) is 17.1 Å². The largest absolute Gasteiger partial charge is 0.497 e. The first kappa shape index (κ1) is 77.6. The molecule has 5 heterocycles. The highest BCUT2D eigenvalue weighted by Crippen LogP contribution is 2.41. The Kier molecular flexibility index (Phi) is 28.0. The molecule has 0 saturated heterocycles. The molecule has 0 spiro atoms. The smallest absolute Gasteiger partial charge is 0.260 e. The molecule has 7 amide bonds. The third-order valence-corrected chi connectivity index (χ3v) is 18.3. The van der Waals surface area contributed by atoms with Gasteiger partial charge in [-0.2, -0.15) is 0 Å². The van der Waals surface area contributed by atoms with Crippen molar-refractivity contribution < 1.29 is 71.5 Å². The first-order valence-electron chi connectivity index (χ1n) is 35.8. The summed E-state index contributed by atoms with van der Waals surface area (Å²) in [6.07, 6.45) is 9.72. The van der Waals surface area contributed by atoms with Crippen LogP contribution >= 0.6 is 0 Å². The van der Waals surface area contributed by atoms with E-state index < -0.39 is 18.0 Å². The van der Waals surface area contributed by atoms with Gasteiger partial charge in [-0.15, -0.1) is 0 Å². The number of hydrogen-bond acceptors (Lipinski definition) is 17. The van der Waals surface area contributed by atoms with Crippen molar-refractivity contribution in [2.24, 2.45) is 15.9 Å². The zero-order valence-electron chi connectivity index (χ0n) is 61.3. The van der Waals surface area contributed by atoms with Gasteiger partial charge in [0.05, 0.1) is 127 Å². The Hall–Kier alpha value is -11.0. The van der Waals surface area contributed by atoms with E-state index in [1.807, 2.05) is 131 Å². The van der Waals surface area contributed by atoms with E-state index >= 15 is 0 Å². The van der Waals surface area contributed by atoms with Gasteiger partial charge in [0, 0.05) is 100 Å². The molecule has 0 saturated carbocycles. The molecule has 24 heteroatoms. The summed E-state index contributed by atoms with van der Waals surface area (Å²) in [6.45, 7) is 13.2. The molecule has 4 atom stereocenters. The quantitative estimate of drug-likeness (QED) is 0.0220. The monoisotopic (exact) mass is 1440 g/mol. The van der Waals surface area contributed by atoms with Gasteiger partial charge in [-0.3, -0.25) is 43.5 Å². The summed E-state index contributed by atoms with van der Waals surface area (Å²) in [6, 6.07) is 36.9. The van der Waals surface area contributed by atoms with Crippen molar-refractivity contribution in [3.8, 4) is 34.8 Å². The molecule has 0 fully saturated rings. The van der Waals surface area contributed by atoms with Crippen molar-refractivity contribution in [1.82, 2.24) is 31.1 Å². The number of fused-ring (bicyclic) bond motifs is 6. The van der Waals surface area contributed by atoms with E-state index in [2.05, 4.69) is 64.3 Å². The summed E-state index contributed by atoms with van der Waals surface area (Å²) < 4.78 is 45.2. The van der Waals surface area contributed by atoms with Crippen molar-refractivity contribution in [2.75, 3.05) is 98.8 Å². The van der Waals surface area contributed by atoms with Crippen LogP contribution in [0.1, 0.15) is 119 Å². The molecule has 106 heavy (non-hydrogen) atoms. The number of hydrogen-bond donors (Lipinski definition) is 4. The highest BCUT2D eigenvalue weighted by Gasteiger charge is 2.36. The summed E-state index contributed by atoms with van der Waals surface area (Å²) in [7, 11) is 4.69. The zero-order chi connectivity index (χ0) is 75.1. The molecule has 5 aliphatic rings. The number of methoxy groups -OCH3 is 2. The maximum Gasteiger partial charge on any atom is 0.260 e. The van der Waals surface area contributed by atoms with E-state index in [-0.39, 0.29) is 79.3 Å². The lowest BCUT2D eigenvalue weighted by atomic mass is 10.0. The van der Waals surface area contributed by atoms with Crippen LogP contribution in [0.3, 0.4) is 0 Å². The number of benzene rings is 6.